The van der Waals surface area contributed by atoms with Crippen LogP contribution in [0.2, 0.25) is 10.0 Å². The van der Waals surface area contributed by atoms with Crippen molar-refractivity contribution in [3.8, 4) is 0 Å². The first-order valence-electron chi connectivity index (χ1n) is 9.25. The topological polar surface area (TPSA) is 64.0 Å². The number of benzene rings is 2. The van der Waals surface area contributed by atoms with Gasteiger partial charge in [0, 0.05) is 29.2 Å². The molecule has 0 aliphatic heterocycles. The fourth-order valence-corrected chi connectivity index (χ4v) is 3.32. The van der Waals surface area contributed by atoms with Gasteiger partial charge in [-0.1, -0.05) is 41.4 Å². The second-order valence-corrected chi connectivity index (χ2v) is 7.51. The normalized spacial score (nSPS) is 10.8. The summed E-state index contributed by atoms with van der Waals surface area (Å²) in [6.07, 6.45) is 0.692. The van der Waals surface area contributed by atoms with Gasteiger partial charge in [0.05, 0.1) is 22.0 Å². The van der Waals surface area contributed by atoms with Gasteiger partial charge in [-0.3, -0.25) is 14.3 Å². The molecule has 0 unspecified atom stereocenters. The maximum absolute atomic E-state index is 12.8. The van der Waals surface area contributed by atoms with Crippen molar-refractivity contribution in [1.82, 2.24) is 15.1 Å². The molecule has 1 N–H and O–H groups in total. The van der Waals surface area contributed by atoms with Gasteiger partial charge in [0.1, 0.15) is 0 Å². The molecule has 1 heterocycles. The molecule has 0 saturated carbocycles. The summed E-state index contributed by atoms with van der Waals surface area (Å²) in [4.78, 5) is 25.5. The van der Waals surface area contributed by atoms with E-state index >= 15 is 0 Å². The molecule has 0 bridgehead atoms. The lowest BCUT2D eigenvalue weighted by atomic mass is 9.98. The van der Waals surface area contributed by atoms with Gasteiger partial charge in [-0.25, -0.2) is 0 Å². The number of nitrogens with one attached hydrogen (secondary N) is 1. The molecule has 7 heteroatoms. The summed E-state index contributed by atoms with van der Waals surface area (Å²) < 4.78 is 1.84. The summed E-state index contributed by atoms with van der Waals surface area (Å²) >= 11 is 12.0. The molecule has 1 aromatic heterocycles. The highest BCUT2D eigenvalue weighted by atomic mass is 35.5. The third kappa shape index (κ3) is 4.86. The van der Waals surface area contributed by atoms with E-state index in [1.807, 2.05) is 18.5 Å². The van der Waals surface area contributed by atoms with E-state index in [1.165, 1.54) is 0 Å². The Morgan fingerprint density at radius 2 is 1.66 bits per heavy atom. The van der Waals surface area contributed by atoms with Crippen LogP contribution in [0.15, 0.2) is 48.5 Å². The predicted octanol–water partition coefficient (Wildman–Crippen LogP) is 4.86. The van der Waals surface area contributed by atoms with Crippen LogP contribution in [0.25, 0.3) is 0 Å². The average Bonchev–Trinajstić information content (AvgIpc) is 2.97. The summed E-state index contributed by atoms with van der Waals surface area (Å²) in [5.74, 6) is -0.501. The van der Waals surface area contributed by atoms with E-state index in [9.17, 15) is 9.59 Å². The van der Waals surface area contributed by atoms with Crippen molar-refractivity contribution >= 4 is 34.9 Å². The number of amides is 1. The van der Waals surface area contributed by atoms with Crippen LogP contribution in [0, 0.1) is 13.8 Å². The van der Waals surface area contributed by atoms with Crippen LogP contribution < -0.4 is 5.32 Å². The minimum atomic E-state index is -0.283. The number of hydrogen-bond donors (Lipinski definition) is 1. The van der Waals surface area contributed by atoms with Crippen LogP contribution in [0.1, 0.15) is 44.1 Å². The minimum Gasteiger partial charge on any atom is -0.352 e. The molecule has 3 aromatic rings. The van der Waals surface area contributed by atoms with Crippen LogP contribution in [0.5, 0.6) is 0 Å². The van der Waals surface area contributed by atoms with Crippen LogP contribution in [0.3, 0.4) is 0 Å². The largest absolute Gasteiger partial charge is 0.352 e. The van der Waals surface area contributed by atoms with Crippen molar-refractivity contribution in [3.63, 3.8) is 0 Å². The number of nitrogens with zero attached hydrogens (tertiary/aromatic N) is 2. The Balaban J connectivity index is 1.64. The van der Waals surface area contributed by atoms with Crippen molar-refractivity contribution in [2.45, 2.75) is 26.8 Å². The highest BCUT2D eigenvalue weighted by Gasteiger charge is 2.18. The fraction of sp³-hybridized carbons (Fsp3) is 0.227. The van der Waals surface area contributed by atoms with Gasteiger partial charge in [0.25, 0.3) is 5.91 Å². The van der Waals surface area contributed by atoms with E-state index < -0.39 is 0 Å². The van der Waals surface area contributed by atoms with Gasteiger partial charge in [-0.2, -0.15) is 5.10 Å². The maximum Gasteiger partial charge on any atom is 0.252 e. The molecule has 3 rings (SSSR count). The third-order valence-corrected chi connectivity index (χ3v) is 5.45. The molecule has 0 radical (unpaired) electrons. The lowest BCUT2D eigenvalue weighted by Crippen LogP contribution is -2.27. The van der Waals surface area contributed by atoms with Crippen LogP contribution in [0.4, 0.5) is 0 Å². The summed E-state index contributed by atoms with van der Waals surface area (Å²) in [5.41, 5.74) is 2.90. The Morgan fingerprint density at radius 1 is 1.00 bits per heavy atom. The SMILES string of the molecule is Cc1nn(CCCNC(=O)c2ccccc2C(=O)c2ccc(Cl)cc2)c(C)c1Cl. The second-order valence-electron chi connectivity index (χ2n) is 6.70. The van der Waals surface area contributed by atoms with Crippen molar-refractivity contribution in [2.75, 3.05) is 6.54 Å². The van der Waals surface area contributed by atoms with Crippen molar-refractivity contribution in [2.24, 2.45) is 0 Å². The third-order valence-electron chi connectivity index (χ3n) is 4.65. The zero-order valence-corrected chi connectivity index (χ0v) is 17.7. The van der Waals surface area contributed by atoms with E-state index in [2.05, 4.69) is 10.4 Å². The van der Waals surface area contributed by atoms with Crippen molar-refractivity contribution in [3.05, 3.63) is 86.7 Å². The molecule has 150 valence electrons. The van der Waals surface area contributed by atoms with Crippen LogP contribution in [-0.2, 0) is 6.54 Å². The van der Waals surface area contributed by atoms with Gasteiger partial charge in [-0.05, 0) is 50.6 Å². The molecule has 2 aromatic carbocycles. The molecule has 1 amide bonds. The summed E-state index contributed by atoms with van der Waals surface area (Å²) in [7, 11) is 0. The van der Waals surface area contributed by atoms with Crippen molar-refractivity contribution < 1.29 is 9.59 Å². The summed E-state index contributed by atoms with van der Waals surface area (Å²) in [5, 5.41) is 8.48. The molecule has 29 heavy (non-hydrogen) atoms. The molecule has 0 spiro atoms. The van der Waals surface area contributed by atoms with E-state index in [4.69, 9.17) is 23.2 Å². The predicted molar refractivity (Wildman–Crippen MR) is 115 cm³/mol. The number of carbonyl (C=O) groups is 2. The first kappa shape index (κ1) is 21.1. The van der Waals surface area contributed by atoms with E-state index in [0.717, 1.165) is 11.4 Å². The molecule has 5 nitrogen and oxygen atoms in total. The van der Waals surface area contributed by atoms with Gasteiger partial charge in [0.15, 0.2) is 5.78 Å². The molecule has 0 aliphatic carbocycles. The minimum absolute atomic E-state index is 0.218. The van der Waals surface area contributed by atoms with E-state index in [0.29, 0.717) is 46.2 Å². The zero-order valence-electron chi connectivity index (χ0n) is 16.2. The standard InChI is InChI=1S/C22H21Cl2N3O2/c1-14-20(24)15(2)27(26-14)13-5-12-25-22(29)19-7-4-3-6-18(19)21(28)16-8-10-17(23)11-9-16/h3-4,6-11H,5,12-13H2,1-2H3,(H,25,29). The van der Waals surface area contributed by atoms with E-state index in [-0.39, 0.29) is 11.7 Å². The first-order valence-corrected chi connectivity index (χ1v) is 10.0. The Morgan fingerprint density at radius 3 is 2.28 bits per heavy atom. The van der Waals surface area contributed by atoms with Gasteiger partial charge < -0.3 is 5.32 Å². The molecular weight excluding hydrogens is 409 g/mol. The second kappa shape index (κ2) is 9.25. The smallest absolute Gasteiger partial charge is 0.252 e. The lowest BCUT2D eigenvalue weighted by Gasteiger charge is -2.10. The average molecular weight is 430 g/mol. The Bertz CT molecular complexity index is 1040. The molecule has 0 fully saturated rings. The van der Waals surface area contributed by atoms with Crippen molar-refractivity contribution in [1.29, 1.82) is 0 Å². The van der Waals surface area contributed by atoms with Crippen LogP contribution in [-0.4, -0.2) is 28.0 Å². The molecular formula is C22H21Cl2N3O2. The number of halogens is 2. The van der Waals surface area contributed by atoms with Gasteiger partial charge in [0.2, 0.25) is 0 Å². The Labute approximate surface area is 179 Å². The Kier molecular flexibility index (Phi) is 6.72. The number of carbonyl (C=O) groups excluding carboxylic acids is 2. The molecule has 0 atom stereocenters. The Hall–Kier alpha value is -2.63. The zero-order chi connectivity index (χ0) is 21.0. The summed E-state index contributed by atoms with van der Waals surface area (Å²) in [6.45, 7) is 4.88. The van der Waals surface area contributed by atoms with E-state index in [1.54, 1.807) is 48.5 Å². The fourth-order valence-electron chi connectivity index (χ4n) is 3.05. The molecule has 0 aliphatic rings. The highest BCUT2D eigenvalue weighted by molar-refractivity contribution is 6.31. The van der Waals surface area contributed by atoms with Gasteiger partial charge in [-0.15, -0.1) is 0 Å². The number of aryl methyl sites for hydroxylation is 2. The number of ketones is 1. The van der Waals surface area contributed by atoms with Crippen LogP contribution >= 0.6 is 23.2 Å². The number of aromatic nitrogens is 2. The summed E-state index contributed by atoms with van der Waals surface area (Å²) in [6, 6.07) is 13.4. The first-order chi connectivity index (χ1) is 13.9. The lowest BCUT2D eigenvalue weighted by molar-refractivity contribution is 0.0941. The quantitative estimate of drug-likeness (QED) is 0.430. The molecule has 0 saturated heterocycles. The number of rotatable bonds is 7. The monoisotopic (exact) mass is 429 g/mol. The maximum atomic E-state index is 12.8. The highest BCUT2D eigenvalue weighted by Crippen LogP contribution is 2.19. The van der Waals surface area contributed by atoms with Gasteiger partial charge >= 0.3 is 0 Å². The number of hydrogen-bond acceptors (Lipinski definition) is 3.